The number of imide groups is 1. The van der Waals surface area contributed by atoms with Crippen LogP contribution in [0.25, 0.3) is 0 Å². The maximum Gasteiger partial charge on any atom is 0.255 e. The molecule has 1 unspecified atom stereocenters. The Balaban J connectivity index is 1.08. The van der Waals surface area contributed by atoms with Crippen molar-refractivity contribution in [3.63, 3.8) is 0 Å². The average Bonchev–Trinajstić information content (AvgIpc) is 3.56. The summed E-state index contributed by atoms with van der Waals surface area (Å²) in [6.45, 7) is 9.72. The molecule has 5 atom stereocenters. The molecule has 0 aliphatic carbocycles. The molecular weight excluding hydrogens is 860 g/mol. The number of fused-ring (bicyclic) bond motifs is 1. The highest BCUT2D eigenvalue weighted by molar-refractivity contribution is 7.92. The third-order valence-electron chi connectivity index (χ3n) is 12.7. The van der Waals surface area contributed by atoms with Crippen molar-refractivity contribution in [2.45, 2.75) is 128 Å². The fourth-order valence-corrected chi connectivity index (χ4v) is 10.9. The van der Waals surface area contributed by atoms with E-state index in [0.29, 0.717) is 41.4 Å². The molecule has 5 amide bonds. The first-order valence-corrected chi connectivity index (χ1v) is 24.4. The minimum atomic E-state index is -3.58. The van der Waals surface area contributed by atoms with Crippen molar-refractivity contribution in [2.24, 2.45) is 11.3 Å². The Hall–Kier alpha value is -4.70. The van der Waals surface area contributed by atoms with Gasteiger partial charge in [0.25, 0.3) is 5.91 Å². The highest BCUT2D eigenvalue weighted by Crippen LogP contribution is 2.52. The third-order valence-corrected chi connectivity index (χ3v) is 15.5. The summed E-state index contributed by atoms with van der Waals surface area (Å²) < 4.78 is 27.1. The van der Waals surface area contributed by atoms with Gasteiger partial charge in [0.15, 0.2) is 9.84 Å². The van der Waals surface area contributed by atoms with E-state index in [9.17, 15) is 27.6 Å². The van der Waals surface area contributed by atoms with Gasteiger partial charge in [0.2, 0.25) is 23.6 Å². The molecule has 0 aromatic heterocycles. The number of halogens is 2. The van der Waals surface area contributed by atoms with Crippen LogP contribution >= 0.6 is 23.2 Å². The fourth-order valence-electron chi connectivity index (χ4n) is 9.13. The molecule has 6 rings (SSSR count). The molecule has 0 bridgehead atoms. The topological polar surface area (TPSA) is 150 Å². The van der Waals surface area contributed by atoms with E-state index in [2.05, 4.69) is 22.5 Å². The van der Waals surface area contributed by atoms with Gasteiger partial charge in [0.05, 0.1) is 22.5 Å². The Labute approximate surface area is 381 Å². The Kier molecular flexibility index (Phi) is 15.5. The van der Waals surface area contributed by atoms with Crippen molar-refractivity contribution in [1.82, 2.24) is 20.4 Å². The number of rotatable bonds is 16. The largest absolute Gasteiger partial charge is 0.356 e. The number of carbonyl (C=O) groups is 5. The van der Waals surface area contributed by atoms with Gasteiger partial charge in [-0.1, -0.05) is 99.0 Å². The van der Waals surface area contributed by atoms with Gasteiger partial charge < -0.3 is 15.1 Å². The van der Waals surface area contributed by atoms with Gasteiger partial charge in [0.1, 0.15) is 6.04 Å². The maximum absolute atomic E-state index is 15.1. The SMILES string of the molecule is CC(C)[C@@H](CS(=O)(=O)C(C)C)N1C(=O)[C@@](C)(CC(=O)NCCCCCCC#Cc2cccc3c2CN(C2CCC(=O)NC2=O)C3=O)C[C@H](c2cccc(Cl)c2)[C@H]1c1ccc(Cl)cc1. The summed E-state index contributed by atoms with van der Waals surface area (Å²) in [7, 11) is -3.58. The molecule has 336 valence electrons. The maximum atomic E-state index is 15.1. The van der Waals surface area contributed by atoms with E-state index in [4.69, 9.17) is 23.2 Å². The van der Waals surface area contributed by atoms with E-state index in [0.717, 1.165) is 47.9 Å². The van der Waals surface area contributed by atoms with Gasteiger partial charge >= 0.3 is 0 Å². The molecule has 3 aromatic carbocycles. The summed E-state index contributed by atoms with van der Waals surface area (Å²) >= 11 is 12.9. The Bertz CT molecular complexity index is 2390. The van der Waals surface area contributed by atoms with Crippen LogP contribution < -0.4 is 10.6 Å². The van der Waals surface area contributed by atoms with E-state index in [1.165, 1.54) is 4.90 Å². The quantitative estimate of drug-likeness (QED) is 0.0837. The van der Waals surface area contributed by atoms with Crippen LogP contribution in [-0.4, -0.2) is 77.4 Å². The molecule has 0 spiro atoms. The number of nitrogens with one attached hydrogen (secondary N) is 2. The zero-order chi connectivity index (χ0) is 45.6. The van der Waals surface area contributed by atoms with Crippen molar-refractivity contribution < 1.29 is 32.4 Å². The van der Waals surface area contributed by atoms with Crippen molar-refractivity contribution >= 4 is 62.6 Å². The standard InChI is InChI=1S/C49H58Cl2N4O7S/c1-31(2)42(30-63(61,62)32(3)4)55-45(34-19-21-36(50)22-20-34)39(35-16-12-17-37(51)26-35)27-49(5,48(55)60)28-44(57)52-25-11-9-7-6-8-10-14-33-15-13-18-38-40(33)29-54(47(38)59)41-23-24-43(56)53-46(41)58/h12-13,15-22,26,31-32,39,41-42,45H,6-9,11,23-25,27-30H2,1-5H3,(H,52,57)(H,53,56,58)/t39-,41?,42-,45-,49-/m1/s1. The Morgan fingerprint density at radius 3 is 2.32 bits per heavy atom. The minimum absolute atomic E-state index is 0.0653. The lowest BCUT2D eigenvalue weighted by molar-refractivity contribution is -0.158. The molecule has 3 aliphatic rings. The zero-order valence-electron chi connectivity index (χ0n) is 36.7. The number of nitrogens with zero attached hydrogens (tertiary/aromatic N) is 2. The number of hydrogen-bond donors (Lipinski definition) is 2. The lowest BCUT2D eigenvalue weighted by Gasteiger charge is -2.53. The van der Waals surface area contributed by atoms with E-state index >= 15 is 4.79 Å². The Morgan fingerprint density at radius 1 is 0.921 bits per heavy atom. The number of piperidine rings is 2. The number of carbonyl (C=O) groups excluding carboxylic acids is 5. The van der Waals surface area contributed by atoms with Crippen LogP contribution in [0, 0.1) is 23.2 Å². The number of amides is 5. The minimum Gasteiger partial charge on any atom is -0.356 e. The average molecular weight is 918 g/mol. The van der Waals surface area contributed by atoms with Crippen molar-refractivity contribution in [3.8, 4) is 11.8 Å². The molecule has 11 nitrogen and oxygen atoms in total. The first-order valence-electron chi connectivity index (χ1n) is 22.0. The second-order valence-corrected chi connectivity index (χ2v) is 21.5. The second kappa shape index (κ2) is 20.4. The van der Waals surface area contributed by atoms with Crippen LogP contribution in [0.2, 0.25) is 10.0 Å². The van der Waals surface area contributed by atoms with Crippen molar-refractivity contribution in [3.05, 3.63) is 105 Å². The molecule has 0 saturated carbocycles. The molecule has 3 aromatic rings. The van der Waals surface area contributed by atoms with Crippen LogP contribution in [0.15, 0.2) is 66.7 Å². The van der Waals surface area contributed by atoms with Gasteiger partial charge in [-0.05, 0) is 98.5 Å². The third kappa shape index (κ3) is 11.2. The normalized spacial score (nSPS) is 21.9. The molecule has 3 heterocycles. The number of unbranched alkanes of at least 4 members (excludes halogenated alkanes) is 4. The van der Waals surface area contributed by atoms with Crippen LogP contribution in [-0.2, 0) is 35.6 Å². The summed E-state index contributed by atoms with van der Waals surface area (Å²) in [6, 6.07) is 18.4. The predicted octanol–water partition coefficient (Wildman–Crippen LogP) is 8.17. The van der Waals surface area contributed by atoms with Gasteiger partial charge in [-0.3, -0.25) is 29.3 Å². The van der Waals surface area contributed by atoms with E-state index in [1.807, 2.05) is 57.2 Å². The van der Waals surface area contributed by atoms with E-state index in [-0.39, 0.29) is 60.6 Å². The summed E-state index contributed by atoms with van der Waals surface area (Å²) in [5, 5.41) is 5.83. The molecule has 2 saturated heterocycles. The first kappa shape index (κ1) is 47.8. The molecule has 0 radical (unpaired) electrons. The number of likely N-dealkylation sites (tertiary alicyclic amines) is 1. The Morgan fingerprint density at radius 2 is 1.63 bits per heavy atom. The molecular formula is C49H58Cl2N4O7S. The van der Waals surface area contributed by atoms with Crippen LogP contribution in [0.3, 0.4) is 0 Å². The van der Waals surface area contributed by atoms with Gasteiger partial charge in [-0.15, -0.1) is 0 Å². The molecule has 3 aliphatic heterocycles. The fraction of sp³-hybridized carbons (Fsp3) is 0.490. The predicted molar refractivity (Wildman–Crippen MR) is 246 cm³/mol. The lowest BCUT2D eigenvalue weighted by atomic mass is 9.66. The summed E-state index contributed by atoms with van der Waals surface area (Å²) in [5.74, 6) is 4.21. The zero-order valence-corrected chi connectivity index (χ0v) is 39.0. The van der Waals surface area contributed by atoms with E-state index in [1.54, 1.807) is 49.1 Å². The molecule has 14 heteroatoms. The van der Waals surface area contributed by atoms with Crippen LogP contribution in [0.1, 0.15) is 137 Å². The second-order valence-electron chi connectivity index (χ2n) is 18.0. The van der Waals surface area contributed by atoms with Crippen molar-refractivity contribution in [2.75, 3.05) is 12.3 Å². The summed E-state index contributed by atoms with van der Waals surface area (Å²) in [6.07, 6.45) is 4.78. The number of benzene rings is 3. The molecule has 2 fully saturated rings. The van der Waals surface area contributed by atoms with Crippen LogP contribution in [0.4, 0.5) is 0 Å². The highest BCUT2D eigenvalue weighted by atomic mass is 35.5. The summed E-state index contributed by atoms with van der Waals surface area (Å²) in [5.41, 5.74) is 2.65. The van der Waals surface area contributed by atoms with E-state index < -0.39 is 44.5 Å². The van der Waals surface area contributed by atoms with Crippen LogP contribution in [0.5, 0.6) is 0 Å². The number of sulfone groups is 1. The van der Waals surface area contributed by atoms with Gasteiger partial charge in [-0.2, -0.15) is 0 Å². The molecule has 63 heavy (non-hydrogen) atoms. The summed E-state index contributed by atoms with van der Waals surface area (Å²) in [4.78, 5) is 69.4. The monoisotopic (exact) mass is 916 g/mol. The van der Waals surface area contributed by atoms with Crippen molar-refractivity contribution in [1.29, 1.82) is 0 Å². The number of hydrogen-bond acceptors (Lipinski definition) is 7. The molecule has 2 N–H and O–H groups in total. The first-order chi connectivity index (χ1) is 29.9. The van der Waals surface area contributed by atoms with Gasteiger partial charge in [0, 0.05) is 65.5 Å². The smallest absolute Gasteiger partial charge is 0.255 e. The van der Waals surface area contributed by atoms with Gasteiger partial charge in [-0.25, -0.2) is 8.42 Å². The highest BCUT2D eigenvalue weighted by Gasteiger charge is 2.53. The lowest BCUT2D eigenvalue weighted by Crippen LogP contribution is -2.59.